The minimum Gasteiger partial charge on any atom is -0.496 e. The molecule has 0 spiro atoms. The molecule has 23 heavy (non-hydrogen) atoms. The molecule has 0 saturated heterocycles. The summed E-state index contributed by atoms with van der Waals surface area (Å²) in [6.45, 7) is 2.52. The van der Waals surface area contributed by atoms with Gasteiger partial charge in [-0.05, 0) is 36.8 Å². The van der Waals surface area contributed by atoms with Gasteiger partial charge in [-0.3, -0.25) is 9.59 Å². The predicted molar refractivity (Wildman–Crippen MR) is 88.6 cm³/mol. The monoisotopic (exact) mass is 313 g/mol. The number of ether oxygens (including phenoxy) is 2. The van der Waals surface area contributed by atoms with Gasteiger partial charge < -0.3 is 14.8 Å². The first-order chi connectivity index (χ1) is 11.2. The Hall–Kier alpha value is -2.82. The van der Waals surface area contributed by atoms with Crippen molar-refractivity contribution < 1.29 is 19.1 Å². The smallest absolute Gasteiger partial charge is 0.259 e. The molecule has 5 heteroatoms. The summed E-state index contributed by atoms with van der Waals surface area (Å²) in [6, 6.07) is 11.8. The molecule has 0 saturated carbocycles. The van der Waals surface area contributed by atoms with Gasteiger partial charge in [-0.2, -0.15) is 0 Å². The Labute approximate surface area is 135 Å². The molecule has 0 fully saturated rings. The molecular formula is C18H19NO4. The summed E-state index contributed by atoms with van der Waals surface area (Å²) >= 11 is 0. The summed E-state index contributed by atoms with van der Waals surface area (Å²) < 4.78 is 10.8. The van der Waals surface area contributed by atoms with E-state index in [1.54, 1.807) is 42.5 Å². The number of aldehydes is 1. The number of carbonyl (C=O) groups excluding carboxylic acids is 2. The molecule has 0 heterocycles. The van der Waals surface area contributed by atoms with E-state index in [0.717, 1.165) is 12.7 Å². The molecule has 0 radical (unpaired) electrons. The molecule has 0 unspecified atom stereocenters. The number of para-hydroxylation sites is 1. The second-order valence-electron chi connectivity index (χ2n) is 4.88. The number of anilines is 1. The zero-order chi connectivity index (χ0) is 16.7. The van der Waals surface area contributed by atoms with E-state index in [1.807, 2.05) is 6.92 Å². The van der Waals surface area contributed by atoms with Crippen LogP contribution in [0.25, 0.3) is 0 Å². The molecule has 0 atom stereocenters. The van der Waals surface area contributed by atoms with Gasteiger partial charge >= 0.3 is 0 Å². The number of nitrogens with one attached hydrogen (secondary N) is 1. The molecule has 0 bridgehead atoms. The van der Waals surface area contributed by atoms with E-state index in [4.69, 9.17) is 9.47 Å². The Morgan fingerprint density at radius 3 is 2.65 bits per heavy atom. The van der Waals surface area contributed by atoms with Crippen LogP contribution >= 0.6 is 0 Å². The molecule has 120 valence electrons. The van der Waals surface area contributed by atoms with Crippen molar-refractivity contribution in [2.75, 3.05) is 19.0 Å². The summed E-state index contributed by atoms with van der Waals surface area (Å²) in [5, 5.41) is 2.78. The first-order valence-electron chi connectivity index (χ1n) is 7.36. The summed E-state index contributed by atoms with van der Waals surface area (Å²) in [5.41, 5.74) is 1.33. The van der Waals surface area contributed by atoms with E-state index in [0.29, 0.717) is 34.9 Å². The number of amides is 1. The van der Waals surface area contributed by atoms with Crippen molar-refractivity contribution >= 4 is 17.9 Å². The molecule has 0 aliphatic rings. The van der Waals surface area contributed by atoms with Crippen LogP contribution in [0.5, 0.6) is 11.5 Å². The zero-order valence-corrected chi connectivity index (χ0v) is 13.2. The van der Waals surface area contributed by atoms with Crippen LogP contribution in [-0.4, -0.2) is 25.9 Å². The lowest BCUT2D eigenvalue weighted by Crippen LogP contribution is -2.14. The molecule has 0 aromatic heterocycles. The number of methoxy groups -OCH3 is 1. The van der Waals surface area contributed by atoms with E-state index in [9.17, 15) is 9.59 Å². The summed E-state index contributed by atoms with van der Waals surface area (Å²) in [5.74, 6) is 0.681. The third-order valence-corrected chi connectivity index (χ3v) is 3.20. The predicted octanol–water partition coefficient (Wildman–Crippen LogP) is 3.55. The average Bonchev–Trinajstić information content (AvgIpc) is 2.60. The largest absolute Gasteiger partial charge is 0.496 e. The second kappa shape index (κ2) is 7.98. The fourth-order valence-corrected chi connectivity index (χ4v) is 2.08. The van der Waals surface area contributed by atoms with Crippen LogP contribution in [0, 0.1) is 0 Å². The topological polar surface area (TPSA) is 64.6 Å². The van der Waals surface area contributed by atoms with Gasteiger partial charge in [0.25, 0.3) is 5.91 Å². The van der Waals surface area contributed by atoms with Gasteiger partial charge in [-0.15, -0.1) is 0 Å². The lowest BCUT2D eigenvalue weighted by atomic mass is 10.1. The van der Waals surface area contributed by atoms with Gasteiger partial charge in [0.15, 0.2) is 0 Å². The van der Waals surface area contributed by atoms with E-state index in [2.05, 4.69) is 5.32 Å². The van der Waals surface area contributed by atoms with E-state index >= 15 is 0 Å². The number of hydrogen-bond acceptors (Lipinski definition) is 4. The summed E-state index contributed by atoms with van der Waals surface area (Å²) in [7, 11) is 1.51. The Bertz CT molecular complexity index is 697. The van der Waals surface area contributed by atoms with Crippen molar-refractivity contribution in [3.05, 3.63) is 53.6 Å². The zero-order valence-electron chi connectivity index (χ0n) is 13.2. The van der Waals surface area contributed by atoms with Crippen LogP contribution in [0.1, 0.15) is 34.1 Å². The van der Waals surface area contributed by atoms with E-state index in [-0.39, 0.29) is 5.91 Å². The van der Waals surface area contributed by atoms with Crippen LogP contribution in [0.2, 0.25) is 0 Å². The van der Waals surface area contributed by atoms with Gasteiger partial charge in [0.1, 0.15) is 17.8 Å². The van der Waals surface area contributed by atoms with Crippen LogP contribution in [-0.2, 0) is 0 Å². The van der Waals surface area contributed by atoms with Gasteiger partial charge in [0, 0.05) is 5.56 Å². The Kier molecular flexibility index (Phi) is 5.74. The highest BCUT2D eigenvalue weighted by Gasteiger charge is 2.14. The second-order valence-corrected chi connectivity index (χ2v) is 4.88. The standard InChI is InChI=1S/C18H19NO4/c1-3-10-23-17-9-8-13(12-20)11-15(17)19-18(21)14-6-4-5-7-16(14)22-2/h4-9,11-12H,3,10H2,1-2H3,(H,19,21). The maximum Gasteiger partial charge on any atom is 0.259 e. The molecule has 2 aromatic rings. The van der Waals surface area contributed by atoms with Crippen molar-refractivity contribution in [2.24, 2.45) is 0 Å². The molecular weight excluding hydrogens is 294 g/mol. The van der Waals surface area contributed by atoms with Gasteiger partial charge in [0.05, 0.1) is 25.0 Å². The molecule has 2 rings (SSSR count). The van der Waals surface area contributed by atoms with E-state index in [1.165, 1.54) is 7.11 Å². The molecule has 0 aliphatic heterocycles. The number of carbonyl (C=O) groups is 2. The van der Waals surface area contributed by atoms with Gasteiger partial charge in [0.2, 0.25) is 0 Å². The molecule has 2 aromatic carbocycles. The summed E-state index contributed by atoms with van der Waals surface area (Å²) in [6.07, 6.45) is 1.57. The maximum absolute atomic E-state index is 12.5. The van der Waals surface area contributed by atoms with Crippen molar-refractivity contribution in [1.82, 2.24) is 0 Å². The van der Waals surface area contributed by atoms with Crippen molar-refractivity contribution in [2.45, 2.75) is 13.3 Å². The number of hydrogen-bond donors (Lipinski definition) is 1. The first-order valence-corrected chi connectivity index (χ1v) is 7.36. The Morgan fingerprint density at radius 1 is 1.17 bits per heavy atom. The minimum atomic E-state index is -0.327. The van der Waals surface area contributed by atoms with Gasteiger partial charge in [-0.25, -0.2) is 0 Å². The quantitative estimate of drug-likeness (QED) is 0.794. The van der Waals surface area contributed by atoms with Crippen molar-refractivity contribution in [1.29, 1.82) is 0 Å². The van der Waals surface area contributed by atoms with Crippen molar-refractivity contribution in [3.63, 3.8) is 0 Å². The highest BCUT2D eigenvalue weighted by Crippen LogP contribution is 2.27. The van der Waals surface area contributed by atoms with Crippen LogP contribution in [0.15, 0.2) is 42.5 Å². The fourth-order valence-electron chi connectivity index (χ4n) is 2.08. The normalized spacial score (nSPS) is 10.0. The molecule has 5 nitrogen and oxygen atoms in total. The molecule has 0 aliphatic carbocycles. The third kappa shape index (κ3) is 4.10. The lowest BCUT2D eigenvalue weighted by Gasteiger charge is -2.14. The Morgan fingerprint density at radius 2 is 1.96 bits per heavy atom. The van der Waals surface area contributed by atoms with E-state index < -0.39 is 0 Å². The lowest BCUT2D eigenvalue weighted by molar-refractivity contribution is 0.102. The average molecular weight is 313 g/mol. The van der Waals surface area contributed by atoms with Crippen LogP contribution < -0.4 is 14.8 Å². The molecule has 1 amide bonds. The van der Waals surface area contributed by atoms with Gasteiger partial charge in [-0.1, -0.05) is 19.1 Å². The maximum atomic E-state index is 12.5. The first kappa shape index (κ1) is 16.5. The van der Waals surface area contributed by atoms with Crippen LogP contribution in [0.4, 0.5) is 5.69 Å². The third-order valence-electron chi connectivity index (χ3n) is 3.20. The SMILES string of the molecule is CCCOc1ccc(C=O)cc1NC(=O)c1ccccc1OC. The minimum absolute atomic E-state index is 0.327. The summed E-state index contributed by atoms with van der Waals surface area (Å²) in [4.78, 5) is 23.5. The van der Waals surface area contributed by atoms with Crippen molar-refractivity contribution in [3.8, 4) is 11.5 Å². The van der Waals surface area contributed by atoms with Crippen LogP contribution in [0.3, 0.4) is 0 Å². The highest BCUT2D eigenvalue weighted by atomic mass is 16.5. The fraction of sp³-hybridized carbons (Fsp3) is 0.222. The highest BCUT2D eigenvalue weighted by molar-refractivity contribution is 6.07. The Balaban J connectivity index is 2.30. The number of rotatable bonds is 7. The number of benzene rings is 2. The molecule has 1 N–H and O–H groups in total.